The molecule has 1 N–H and O–H groups in total. The van der Waals surface area contributed by atoms with Crippen molar-refractivity contribution in [2.45, 2.75) is 45.6 Å². The van der Waals surface area contributed by atoms with E-state index in [2.05, 4.69) is 31.1 Å². The molecule has 0 radical (unpaired) electrons. The fourth-order valence-electron chi connectivity index (χ4n) is 2.53. The number of hydrogen-bond donors (Lipinski definition) is 1. The SMILES string of the molecule is CCC(CC)N(C)CC1CCNCC1. The fraction of sp³-hybridized carbons (Fsp3) is 1.00. The van der Waals surface area contributed by atoms with Crippen LogP contribution in [-0.4, -0.2) is 37.6 Å². The molecule has 0 aromatic heterocycles. The average Bonchev–Trinajstić information content (AvgIpc) is 2.21. The maximum absolute atomic E-state index is 3.43. The second-order valence-corrected chi connectivity index (χ2v) is 4.60. The summed E-state index contributed by atoms with van der Waals surface area (Å²) >= 11 is 0. The van der Waals surface area contributed by atoms with Gasteiger partial charge >= 0.3 is 0 Å². The van der Waals surface area contributed by atoms with Gasteiger partial charge < -0.3 is 10.2 Å². The lowest BCUT2D eigenvalue weighted by Gasteiger charge is -2.32. The lowest BCUT2D eigenvalue weighted by Crippen LogP contribution is -2.38. The Bertz CT molecular complexity index is 137. The van der Waals surface area contributed by atoms with E-state index in [0.29, 0.717) is 0 Å². The van der Waals surface area contributed by atoms with Gasteiger partial charge in [0.1, 0.15) is 0 Å². The lowest BCUT2D eigenvalue weighted by atomic mass is 9.96. The van der Waals surface area contributed by atoms with Gasteiger partial charge in [0, 0.05) is 12.6 Å². The van der Waals surface area contributed by atoms with Gasteiger partial charge in [-0.25, -0.2) is 0 Å². The monoisotopic (exact) mass is 198 g/mol. The molecule has 0 saturated carbocycles. The molecule has 0 unspecified atom stereocenters. The van der Waals surface area contributed by atoms with Crippen LogP contribution >= 0.6 is 0 Å². The van der Waals surface area contributed by atoms with Crippen LogP contribution in [0.3, 0.4) is 0 Å². The highest BCUT2D eigenvalue weighted by Crippen LogP contribution is 2.15. The molecule has 2 heteroatoms. The smallest absolute Gasteiger partial charge is 0.00870 e. The van der Waals surface area contributed by atoms with Gasteiger partial charge in [-0.1, -0.05) is 13.8 Å². The first kappa shape index (κ1) is 12.0. The van der Waals surface area contributed by atoms with Crippen molar-refractivity contribution in [1.29, 1.82) is 0 Å². The summed E-state index contributed by atoms with van der Waals surface area (Å²) in [5.74, 6) is 0.932. The normalized spacial score (nSPS) is 19.5. The van der Waals surface area contributed by atoms with E-state index in [4.69, 9.17) is 0 Å². The van der Waals surface area contributed by atoms with Crippen LogP contribution in [0.5, 0.6) is 0 Å². The van der Waals surface area contributed by atoms with E-state index in [9.17, 15) is 0 Å². The summed E-state index contributed by atoms with van der Waals surface area (Å²) in [6.45, 7) is 8.34. The third-order valence-electron chi connectivity index (χ3n) is 3.57. The molecule has 1 aliphatic rings. The van der Waals surface area contributed by atoms with E-state index in [1.807, 2.05) is 0 Å². The summed E-state index contributed by atoms with van der Waals surface area (Å²) in [4.78, 5) is 2.57. The lowest BCUT2D eigenvalue weighted by molar-refractivity contribution is 0.178. The van der Waals surface area contributed by atoms with Crippen molar-refractivity contribution in [3.8, 4) is 0 Å². The molecule has 1 heterocycles. The van der Waals surface area contributed by atoms with Crippen molar-refractivity contribution in [2.24, 2.45) is 5.92 Å². The molecule has 84 valence electrons. The molecule has 1 aliphatic heterocycles. The largest absolute Gasteiger partial charge is 0.317 e. The minimum Gasteiger partial charge on any atom is -0.317 e. The summed E-state index contributed by atoms with van der Waals surface area (Å²) in [6.07, 6.45) is 5.31. The molecular weight excluding hydrogens is 172 g/mol. The van der Waals surface area contributed by atoms with Gasteiger partial charge in [-0.2, -0.15) is 0 Å². The van der Waals surface area contributed by atoms with E-state index in [1.54, 1.807) is 0 Å². The molecule has 0 spiro atoms. The predicted octanol–water partition coefficient (Wildman–Crippen LogP) is 2.11. The zero-order chi connectivity index (χ0) is 10.4. The summed E-state index contributed by atoms with van der Waals surface area (Å²) in [5, 5.41) is 3.43. The van der Waals surface area contributed by atoms with Crippen molar-refractivity contribution in [2.75, 3.05) is 26.7 Å². The van der Waals surface area contributed by atoms with Crippen molar-refractivity contribution < 1.29 is 0 Å². The predicted molar refractivity (Wildman–Crippen MR) is 62.6 cm³/mol. The quantitative estimate of drug-likeness (QED) is 0.728. The van der Waals surface area contributed by atoms with E-state index in [1.165, 1.54) is 45.3 Å². The molecule has 0 amide bonds. The first-order valence-corrected chi connectivity index (χ1v) is 6.18. The standard InChI is InChI=1S/C12H26N2/c1-4-12(5-2)14(3)10-11-6-8-13-9-7-11/h11-13H,4-10H2,1-3H3. The van der Waals surface area contributed by atoms with Crippen LogP contribution in [0, 0.1) is 5.92 Å². The number of hydrogen-bond acceptors (Lipinski definition) is 2. The Balaban J connectivity index is 2.26. The minimum absolute atomic E-state index is 0.796. The molecule has 14 heavy (non-hydrogen) atoms. The second kappa shape index (κ2) is 6.41. The first-order chi connectivity index (χ1) is 6.77. The molecule has 0 bridgehead atoms. The highest BCUT2D eigenvalue weighted by Gasteiger charge is 2.18. The highest BCUT2D eigenvalue weighted by atomic mass is 15.1. The van der Waals surface area contributed by atoms with Crippen molar-refractivity contribution in [3.05, 3.63) is 0 Å². The molecule has 2 nitrogen and oxygen atoms in total. The Hall–Kier alpha value is -0.0800. The zero-order valence-corrected chi connectivity index (χ0v) is 10.1. The van der Waals surface area contributed by atoms with Crippen LogP contribution in [0.15, 0.2) is 0 Å². The Morgan fingerprint density at radius 3 is 2.29 bits per heavy atom. The van der Waals surface area contributed by atoms with Crippen molar-refractivity contribution in [3.63, 3.8) is 0 Å². The molecular formula is C12H26N2. The summed E-state index contributed by atoms with van der Waals surface area (Å²) in [5.41, 5.74) is 0. The summed E-state index contributed by atoms with van der Waals surface area (Å²) < 4.78 is 0. The zero-order valence-electron chi connectivity index (χ0n) is 10.1. The third kappa shape index (κ3) is 3.58. The Labute approximate surface area is 89.1 Å². The highest BCUT2D eigenvalue weighted by molar-refractivity contribution is 4.74. The molecule has 0 aromatic carbocycles. The topological polar surface area (TPSA) is 15.3 Å². The molecule has 0 atom stereocenters. The van der Waals surface area contributed by atoms with E-state index in [-0.39, 0.29) is 0 Å². The van der Waals surface area contributed by atoms with Gasteiger partial charge in [-0.05, 0) is 51.7 Å². The van der Waals surface area contributed by atoms with Gasteiger partial charge in [0.15, 0.2) is 0 Å². The molecule has 1 saturated heterocycles. The Kier molecular flexibility index (Phi) is 5.49. The number of rotatable bonds is 5. The van der Waals surface area contributed by atoms with Crippen molar-refractivity contribution in [1.82, 2.24) is 10.2 Å². The molecule has 0 aliphatic carbocycles. The number of nitrogens with one attached hydrogen (secondary N) is 1. The van der Waals surface area contributed by atoms with Crippen LogP contribution in [0.2, 0.25) is 0 Å². The molecule has 1 rings (SSSR count). The Morgan fingerprint density at radius 2 is 1.79 bits per heavy atom. The molecule has 0 aromatic rings. The average molecular weight is 198 g/mol. The Morgan fingerprint density at radius 1 is 1.21 bits per heavy atom. The van der Waals surface area contributed by atoms with Gasteiger partial charge in [-0.3, -0.25) is 0 Å². The minimum atomic E-state index is 0.796. The molecule has 1 fully saturated rings. The maximum atomic E-state index is 3.43. The summed E-state index contributed by atoms with van der Waals surface area (Å²) in [7, 11) is 2.29. The summed E-state index contributed by atoms with van der Waals surface area (Å²) in [6, 6.07) is 0.796. The fourth-order valence-corrected chi connectivity index (χ4v) is 2.53. The first-order valence-electron chi connectivity index (χ1n) is 6.18. The maximum Gasteiger partial charge on any atom is 0.00870 e. The van der Waals surface area contributed by atoms with Crippen LogP contribution in [0.25, 0.3) is 0 Å². The van der Waals surface area contributed by atoms with E-state index >= 15 is 0 Å². The number of nitrogens with zero attached hydrogens (tertiary/aromatic N) is 1. The van der Waals surface area contributed by atoms with E-state index in [0.717, 1.165) is 12.0 Å². The van der Waals surface area contributed by atoms with Crippen LogP contribution in [-0.2, 0) is 0 Å². The van der Waals surface area contributed by atoms with Gasteiger partial charge in [0.2, 0.25) is 0 Å². The number of piperidine rings is 1. The van der Waals surface area contributed by atoms with Crippen molar-refractivity contribution >= 4 is 0 Å². The van der Waals surface area contributed by atoms with Crippen LogP contribution in [0.1, 0.15) is 39.5 Å². The van der Waals surface area contributed by atoms with Crippen LogP contribution in [0.4, 0.5) is 0 Å². The van der Waals surface area contributed by atoms with Gasteiger partial charge in [0.25, 0.3) is 0 Å². The van der Waals surface area contributed by atoms with E-state index < -0.39 is 0 Å². The van der Waals surface area contributed by atoms with Gasteiger partial charge in [0.05, 0.1) is 0 Å². The van der Waals surface area contributed by atoms with Gasteiger partial charge in [-0.15, -0.1) is 0 Å². The van der Waals surface area contributed by atoms with Crippen LogP contribution < -0.4 is 5.32 Å². The third-order valence-corrected chi connectivity index (χ3v) is 3.57. The second-order valence-electron chi connectivity index (χ2n) is 4.60.